The first-order valence-corrected chi connectivity index (χ1v) is 6.04. The third-order valence-electron chi connectivity index (χ3n) is 2.32. The van der Waals surface area contributed by atoms with Crippen LogP contribution < -0.4 is 15.8 Å². The van der Waals surface area contributed by atoms with Crippen molar-refractivity contribution in [3.8, 4) is 5.88 Å². The van der Waals surface area contributed by atoms with Gasteiger partial charge in [0, 0.05) is 6.07 Å². The Morgan fingerprint density at radius 1 is 1.50 bits per heavy atom. The van der Waals surface area contributed by atoms with E-state index in [9.17, 15) is 18.0 Å². The second kappa shape index (κ2) is 7.09. The van der Waals surface area contributed by atoms with E-state index in [-0.39, 0.29) is 11.8 Å². The Labute approximate surface area is 114 Å². The maximum absolute atomic E-state index is 11.9. The van der Waals surface area contributed by atoms with Crippen LogP contribution in [-0.4, -0.2) is 29.7 Å². The number of anilines is 1. The van der Waals surface area contributed by atoms with Gasteiger partial charge in [0.05, 0.1) is 17.9 Å². The molecule has 0 fully saturated rings. The normalized spacial score (nSPS) is 12.8. The Bertz CT molecular complexity index is 435. The Morgan fingerprint density at radius 3 is 2.70 bits per heavy atom. The molecule has 1 amide bonds. The van der Waals surface area contributed by atoms with E-state index in [2.05, 4.69) is 15.0 Å². The number of pyridine rings is 1. The van der Waals surface area contributed by atoms with E-state index in [1.807, 2.05) is 6.92 Å². The summed E-state index contributed by atoms with van der Waals surface area (Å²) in [6, 6.07) is 2.02. The van der Waals surface area contributed by atoms with Crippen molar-refractivity contribution in [1.29, 1.82) is 0 Å². The molecule has 0 aliphatic heterocycles. The van der Waals surface area contributed by atoms with Crippen molar-refractivity contribution >= 4 is 11.6 Å². The van der Waals surface area contributed by atoms with Crippen molar-refractivity contribution in [1.82, 2.24) is 4.98 Å². The smallest absolute Gasteiger partial charge is 0.422 e. The summed E-state index contributed by atoms with van der Waals surface area (Å²) in [5.74, 6) is -0.532. The molecule has 20 heavy (non-hydrogen) atoms. The van der Waals surface area contributed by atoms with Crippen molar-refractivity contribution in [2.75, 3.05) is 11.9 Å². The minimum Gasteiger partial charge on any atom is -0.468 e. The van der Waals surface area contributed by atoms with Gasteiger partial charge in [-0.05, 0) is 12.5 Å². The fourth-order valence-corrected chi connectivity index (χ4v) is 1.37. The average molecular weight is 291 g/mol. The minimum atomic E-state index is -4.42. The number of ether oxygens (including phenoxy) is 1. The molecule has 0 bridgehead atoms. The number of nitrogens with zero attached hydrogens (tertiary/aromatic N) is 1. The molecule has 5 nitrogen and oxygen atoms in total. The number of hydrogen-bond donors (Lipinski definition) is 2. The zero-order valence-corrected chi connectivity index (χ0v) is 10.9. The highest BCUT2D eigenvalue weighted by Crippen LogP contribution is 2.18. The number of rotatable bonds is 6. The lowest BCUT2D eigenvalue weighted by Crippen LogP contribution is -2.35. The molecule has 0 spiro atoms. The molecule has 1 atom stereocenters. The summed E-state index contributed by atoms with van der Waals surface area (Å²) in [5, 5.41) is 2.52. The third-order valence-corrected chi connectivity index (χ3v) is 2.32. The summed E-state index contributed by atoms with van der Waals surface area (Å²) in [6.07, 6.45) is -1.88. The second-order valence-electron chi connectivity index (χ2n) is 4.17. The van der Waals surface area contributed by atoms with Gasteiger partial charge in [-0.2, -0.15) is 13.2 Å². The van der Waals surface area contributed by atoms with E-state index in [4.69, 9.17) is 5.73 Å². The van der Waals surface area contributed by atoms with E-state index in [0.29, 0.717) is 12.1 Å². The molecule has 3 N–H and O–H groups in total. The zero-order valence-electron chi connectivity index (χ0n) is 10.9. The Kier molecular flexibility index (Phi) is 5.75. The predicted octanol–water partition coefficient (Wildman–Crippen LogP) is 2.09. The zero-order chi connectivity index (χ0) is 15.2. The number of carbonyl (C=O) groups excluding carboxylic acids is 1. The van der Waals surface area contributed by atoms with Crippen molar-refractivity contribution in [3.05, 3.63) is 18.3 Å². The number of amides is 1. The molecule has 1 aromatic heterocycles. The van der Waals surface area contributed by atoms with Crippen LogP contribution in [0.5, 0.6) is 5.88 Å². The molecule has 112 valence electrons. The first-order chi connectivity index (χ1) is 9.31. The SMILES string of the molecule is CCC[C@@H](N)C(=O)Nc1ccc(OCC(F)(F)F)nc1. The second-order valence-corrected chi connectivity index (χ2v) is 4.17. The Balaban J connectivity index is 2.52. The molecule has 0 aliphatic rings. The van der Waals surface area contributed by atoms with E-state index < -0.39 is 18.8 Å². The first kappa shape index (κ1) is 16.2. The number of nitrogens with one attached hydrogen (secondary N) is 1. The summed E-state index contributed by atoms with van der Waals surface area (Å²) in [5.41, 5.74) is 5.97. The lowest BCUT2D eigenvalue weighted by molar-refractivity contribution is -0.154. The van der Waals surface area contributed by atoms with Gasteiger partial charge in [0.1, 0.15) is 0 Å². The first-order valence-electron chi connectivity index (χ1n) is 6.04. The Hall–Kier alpha value is -1.83. The number of aromatic nitrogens is 1. The molecule has 1 heterocycles. The van der Waals surface area contributed by atoms with Gasteiger partial charge in [-0.1, -0.05) is 13.3 Å². The van der Waals surface area contributed by atoms with Gasteiger partial charge in [0.2, 0.25) is 11.8 Å². The van der Waals surface area contributed by atoms with Crippen LogP contribution in [0, 0.1) is 0 Å². The molecule has 0 unspecified atom stereocenters. The van der Waals surface area contributed by atoms with Crippen molar-refractivity contribution in [2.45, 2.75) is 32.0 Å². The molecule has 1 rings (SSSR count). The van der Waals surface area contributed by atoms with Crippen molar-refractivity contribution in [3.63, 3.8) is 0 Å². The number of hydrogen-bond acceptors (Lipinski definition) is 4. The molecule has 1 aromatic rings. The monoisotopic (exact) mass is 291 g/mol. The topological polar surface area (TPSA) is 77.2 Å². The average Bonchev–Trinajstić information content (AvgIpc) is 2.37. The third kappa shape index (κ3) is 5.87. The van der Waals surface area contributed by atoms with Crippen LogP contribution in [0.1, 0.15) is 19.8 Å². The largest absolute Gasteiger partial charge is 0.468 e. The van der Waals surface area contributed by atoms with Crippen LogP contribution in [0.2, 0.25) is 0 Å². The lowest BCUT2D eigenvalue weighted by Gasteiger charge is -2.11. The predicted molar refractivity (Wildman–Crippen MR) is 67.3 cm³/mol. The molecule has 8 heteroatoms. The molecule has 0 aliphatic carbocycles. The van der Waals surface area contributed by atoms with Crippen LogP contribution >= 0.6 is 0 Å². The van der Waals surface area contributed by atoms with E-state index in [1.54, 1.807) is 0 Å². The van der Waals surface area contributed by atoms with E-state index >= 15 is 0 Å². The van der Waals surface area contributed by atoms with Crippen molar-refractivity contribution in [2.24, 2.45) is 5.73 Å². The van der Waals surface area contributed by atoms with Crippen LogP contribution in [0.3, 0.4) is 0 Å². The number of halogens is 3. The van der Waals surface area contributed by atoms with Gasteiger partial charge < -0.3 is 15.8 Å². The maximum Gasteiger partial charge on any atom is 0.422 e. The van der Waals surface area contributed by atoms with Gasteiger partial charge in [-0.3, -0.25) is 4.79 Å². The standard InChI is InChI=1S/C12H16F3N3O2/c1-2-3-9(16)11(19)18-8-4-5-10(17-6-8)20-7-12(13,14)15/h4-6,9H,2-3,7,16H2,1H3,(H,18,19)/t9-/m1/s1. The summed E-state index contributed by atoms with van der Waals surface area (Å²) in [4.78, 5) is 15.3. The summed E-state index contributed by atoms with van der Waals surface area (Å²) < 4.78 is 40.2. The van der Waals surface area contributed by atoms with Gasteiger partial charge in [-0.15, -0.1) is 0 Å². The van der Waals surface area contributed by atoms with E-state index in [0.717, 1.165) is 6.42 Å². The quantitative estimate of drug-likeness (QED) is 0.841. The van der Waals surface area contributed by atoms with Crippen LogP contribution in [-0.2, 0) is 4.79 Å². The number of nitrogens with two attached hydrogens (primary N) is 1. The van der Waals surface area contributed by atoms with Crippen molar-refractivity contribution < 1.29 is 22.7 Å². The van der Waals surface area contributed by atoms with E-state index in [1.165, 1.54) is 18.3 Å². The summed E-state index contributed by atoms with van der Waals surface area (Å²) in [6.45, 7) is 0.495. The van der Waals surface area contributed by atoms with Gasteiger partial charge in [0.15, 0.2) is 6.61 Å². The minimum absolute atomic E-state index is 0.168. The lowest BCUT2D eigenvalue weighted by atomic mass is 10.1. The number of alkyl halides is 3. The highest BCUT2D eigenvalue weighted by Gasteiger charge is 2.28. The fraction of sp³-hybridized carbons (Fsp3) is 0.500. The highest BCUT2D eigenvalue weighted by molar-refractivity contribution is 5.94. The summed E-state index contributed by atoms with van der Waals surface area (Å²) >= 11 is 0. The van der Waals surface area contributed by atoms with Crippen LogP contribution in [0.15, 0.2) is 18.3 Å². The molecular formula is C12H16F3N3O2. The van der Waals surface area contributed by atoms with Crippen LogP contribution in [0.4, 0.5) is 18.9 Å². The summed E-state index contributed by atoms with van der Waals surface area (Å²) in [7, 11) is 0. The van der Waals surface area contributed by atoms with Gasteiger partial charge in [0.25, 0.3) is 0 Å². The van der Waals surface area contributed by atoms with Crippen LogP contribution in [0.25, 0.3) is 0 Å². The molecule has 0 saturated carbocycles. The number of carbonyl (C=O) groups is 1. The molecule has 0 saturated heterocycles. The molecule has 0 radical (unpaired) electrons. The molecular weight excluding hydrogens is 275 g/mol. The molecule has 0 aromatic carbocycles. The van der Waals surface area contributed by atoms with Gasteiger partial charge >= 0.3 is 6.18 Å². The fourth-order valence-electron chi connectivity index (χ4n) is 1.37. The maximum atomic E-state index is 11.9. The highest BCUT2D eigenvalue weighted by atomic mass is 19.4. The van der Waals surface area contributed by atoms with Gasteiger partial charge in [-0.25, -0.2) is 4.98 Å². The Morgan fingerprint density at radius 2 is 2.20 bits per heavy atom.